The van der Waals surface area contributed by atoms with E-state index in [0.29, 0.717) is 0 Å². The van der Waals surface area contributed by atoms with E-state index in [1.807, 2.05) is 0 Å². The predicted octanol–water partition coefficient (Wildman–Crippen LogP) is 20.2. The van der Waals surface area contributed by atoms with E-state index in [0.717, 1.165) is 34.1 Å². The highest BCUT2D eigenvalue weighted by molar-refractivity contribution is 6.17. The highest BCUT2D eigenvalue weighted by atomic mass is 15.1. The zero-order valence-corrected chi connectivity index (χ0v) is 43.3. The molecule has 3 aliphatic rings. The van der Waals surface area contributed by atoms with Gasteiger partial charge in [0.05, 0.1) is 0 Å². The summed E-state index contributed by atoms with van der Waals surface area (Å²) in [5.41, 5.74) is 22.5. The average Bonchev–Trinajstić information content (AvgIpc) is 3.87. The van der Waals surface area contributed by atoms with Crippen molar-refractivity contribution < 1.29 is 0 Å². The fourth-order valence-corrected chi connectivity index (χ4v) is 13.8. The van der Waals surface area contributed by atoms with Crippen molar-refractivity contribution in [2.75, 3.05) is 9.80 Å². The molecule has 0 N–H and O–H groups in total. The molecule has 3 aliphatic carbocycles. The molecule has 15 rings (SSSR count). The second kappa shape index (κ2) is 15.7. The van der Waals surface area contributed by atoms with Crippen LogP contribution in [0.5, 0.6) is 0 Å². The summed E-state index contributed by atoms with van der Waals surface area (Å²) >= 11 is 0. The van der Waals surface area contributed by atoms with Gasteiger partial charge in [0.2, 0.25) is 0 Å². The predicted molar refractivity (Wildman–Crippen MR) is 319 cm³/mol. The third kappa shape index (κ3) is 6.33. The summed E-state index contributed by atoms with van der Waals surface area (Å²) < 4.78 is 0. The number of anilines is 6. The first-order chi connectivity index (χ1) is 36.4. The number of fused-ring (bicyclic) bond motifs is 12. The van der Waals surface area contributed by atoms with Crippen LogP contribution in [-0.4, -0.2) is 0 Å². The maximum atomic E-state index is 2.49. The topological polar surface area (TPSA) is 6.48 Å². The number of nitrogens with zero attached hydrogens (tertiary/aromatic N) is 2. The van der Waals surface area contributed by atoms with Gasteiger partial charge in [-0.1, -0.05) is 193 Å². The Morgan fingerprint density at radius 1 is 0.227 bits per heavy atom. The monoisotopic (exact) mass is 960 g/mol. The summed E-state index contributed by atoms with van der Waals surface area (Å²) in [6, 6.07) is 87.3. The lowest BCUT2D eigenvalue weighted by Crippen LogP contribution is -2.24. The first-order valence-electron chi connectivity index (χ1n) is 26.7. The van der Waals surface area contributed by atoms with E-state index in [1.165, 1.54) is 110 Å². The molecule has 2 nitrogen and oxygen atoms in total. The van der Waals surface area contributed by atoms with Crippen molar-refractivity contribution >= 4 is 77.2 Å². The summed E-state index contributed by atoms with van der Waals surface area (Å²) in [6.07, 6.45) is 0. The van der Waals surface area contributed by atoms with E-state index < -0.39 is 0 Å². The minimum absolute atomic E-state index is 0.123. The second-order valence-electron chi connectivity index (χ2n) is 22.9. The highest BCUT2D eigenvalue weighted by Crippen LogP contribution is 2.55. The van der Waals surface area contributed by atoms with Gasteiger partial charge in [0.1, 0.15) is 0 Å². The Bertz CT molecular complexity index is 4410. The quantitative estimate of drug-likeness (QED) is 0.153. The summed E-state index contributed by atoms with van der Waals surface area (Å²) in [5.74, 6) is 0. The highest BCUT2D eigenvalue weighted by Gasteiger charge is 2.39. The molecule has 0 bridgehead atoms. The molecule has 0 aliphatic heterocycles. The van der Waals surface area contributed by atoms with Crippen molar-refractivity contribution in [3.63, 3.8) is 0 Å². The van der Waals surface area contributed by atoms with Gasteiger partial charge < -0.3 is 9.80 Å². The molecule has 2 heteroatoms. The van der Waals surface area contributed by atoms with Crippen LogP contribution in [0.3, 0.4) is 0 Å². The molecule has 0 heterocycles. The Balaban J connectivity index is 0.891. The minimum atomic E-state index is -0.300. The molecule has 75 heavy (non-hydrogen) atoms. The van der Waals surface area contributed by atoms with E-state index in [-0.39, 0.29) is 16.2 Å². The number of hydrogen-bond acceptors (Lipinski definition) is 2. The van der Waals surface area contributed by atoms with Crippen molar-refractivity contribution in [2.24, 2.45) is 0 Å². The van der Waals surface area contributed by atoms with Crippen LogP contribution in [0.15, 0.2) is 231 Å². The Labute approximate surface area is 439 Å². The van der Waals surface area contributed by atoms with Crippen LogP contribution in [0.25, 0.3) is 76.5 Å². The molecule has 0 amide bonds. The van der Waals surface area contributed by atoms with E-state index in [2.05, 4.69) is 282 Å². The number of hydrogen-bond donors (Lipinski definition) is 0. The zero-order chi connectivity index (χ0) is 50.5. The number of benzene rings is 12. The Hall–Kier alpha value is -8.72. The molecule has 0 saturated heterocycles. The van der Waals surface area contributed by atoms with Gasteiger partial charge in [-0.05, 0) is 189 Å². The SMILES string of the molecule is CC1(C)c2ccccc2-c2ccc(N(c3ccc4c(c3)C(C)(C)c3cccc5c3c-4cc3ccc(N(c4ccc6c(c4)C(C)(C)c4ccccc4-6)c4ccc6ccccc6c4)cc35)c3ccc4ccccc4c3)cc21. The summed E-state index contributed by atoms with van der Waals surface area (Å²) in [7, 11) is 0. The van der Waals surface area contributed by atoms with Gasteiger partial charge in [-0.3, -0.25) is 0 Å². The van der Waals surface area contributed by atoms with Crippen molar-refractivity contribution in [1.29, 1.82) is 0 Å². The molecule has 0 atom stereocenters. The molecule has 0 saturated carbocycles. The molecule has 0 fully saturated rings. The fraction of sp³-hybridized carbons (Fsp3) is 0.123. The van der Waals surface area contributed by atoms with Gasteiger partial charge in [0, 0.05) is 50.4 Å². The number of rotatable bonds is 6. The van der Waals surface area contributed by atoms with E-state index in [4.69, 9.17) is 0 Å². The van der Waals surface area contributed by atoms with E-state index in [1.54, 1.807) is 0 Å². The Kier molecular flexibility index (Phi) is 9.15. The first kappa shape index (κ1) is 43.8. The van der Waals surface area contributed by atoms with Gasteiger partial charge in [-0.15, -0.1) is 0 Å². The van der Waals surface area contributed by atoms with Gasteiger partial charge in [0.25, 0.3) is 0 Å². The van der Waals surface area contributed by atoms with E-state index in [9.17, 15) is 0 Å². The van der Waals surface area contributed by atoms with Gasteiger partial charge in [-0.2, -0.15) is 0 Å². The van der Waals surface area contributed by atoms with Gasteiger partial charge in [-0.25, -0.2) is 0 Å². The average molecular weight is 961 g/mol. The Morgan fingerprint density at radius 2 is 0.587 bits per heavy atom. The molecule has 12 aromatic rings. The maximum Gasteiger partial charge on any atom is 0.0468 e. The van der Waals surface area contributed by atoms with Crippen molar-refractivity contribution in [3.05, 3.63) is 264 Å². The van der Waals surface area contributed by atoms with Crippen molar-refractivity contribution in [2.45, 2.75) is 57.8 Å². The summed E-state index contributed by atoms with van der Waals surface area (Å²) in [5, 5.41) is 10.0. The summed E-state index contributed by atoms with van der Waals surface area (Å²) in [4.78, 5) is 4.96. The first-order valence-corrected chi connectivity index (χ1v) is 26.7. The zero-order valence-electron chi connectivity index (χ0n) is 43.3. The molecule has 0 aromatic heterocycles. The lowest BCUT2D eigenvalue weighted by molar-refractivity contribution is 0.645. The lowest BCUT2D eigenvalue weighted by atomic mass is 9.68. The van der Waals surface area contributed by atoms with Crippen LogP contribution in [0.4, 0.5) is 34.1 Å². The third-order valence-electron chi connectivity index (χ3n) is 17.8. The molecular weight excluding hydrogens is 905 g/mol. The standard InChI is InChI=1S/C73H56N2/c1-71(2)64-23-13-11-20-56(64)58-35-32-53(42-67(58)71)74(50-29-26-45-16-7-9-18-47(45)38-50)52-31-28-49-40-63-60-37-34-55(44-69(60)73(5,6)66-25-15-22-61(70(63)66)62(49)41-52)75(51-30-27-46-17-8-10-19-48(46)39-51)54-33-36-59-57-21-12-14-24-65(57)72(3,4)68(59)43-54/h7-44H,1-6H3. The van der Waals surface area contributed by atoms with E-state index >= 15 is 0 Å². The maximum absolute atomic E-state index is 2.49. The lowest BCUT2D eigenvalue weighted by Gasteiger charge is -2.37. The normalized spacial score (nSPS) is 14.9. The molecule has 12 aromatic carbocycles. The van der Waals surface area contributed by atoms with Crippen LogP contribution in [0, 0.1) is 0 Å². The Morgan fingerprint density at radius 3 is 1.09 bits per heavy atom. The van der Waals surface area contributed by atoms with Crippen LogP contribution < -0.4 is 9.80 Å². The van der Waals surface area contributed by atoms with Gasteiger partial charge >= 0.3 is 0 Å². The van der Waals surface area contributed by atoms with Gasteiger partial charge in [0.15, 0.2) is 0 Å². The van der Waals surface area contributed by atoms with Crippen molar-refractivity contribution in [3.8, 4) is 33.4 Å². The van der Waals surface area contributed by atoms with Crippen LogP contribution in [0.2, 0.25) is 0 Å². The summed E-state index contributed by atoms with van der Waals surface area (Å²) in [6.45, 7) is 14.4. The molecular formula is C73H56N2. The third-order valence-corrected chi connectivity index (χ3v) is 17.8. The van der Waals surface area contributed by atoms with Crippen LogP contribution in [0.1, 0.15) is 74.9 Å². The smallest absolute Gasteiger partial charge is 0.0468 e. The molecule has 0 radical (unpaired) electrons. The van der Waals surface area contributed by atoms with Crippen molar-refractivity contribution in [1.82, 2.24) is 0 Å². The molecule has 0 spiro atoms. The van der Waals surface area contributed by atoms with Crippen LogP contribution in [-0.2, 0) is 16.2 Å². The fourth-order valence-electron chi connectivity index (χ4n) is 13.8. The largest absolute Gasteiger partial charge is 0.310 e. The minimum Gasteiger partial charge on any atom is -0.310 e. The van der Waals surface area contributed by atoms with Crippen LogP contribution >= 0.6 is 0 Å². The molecule has 0 unspecified atom stereocenters. The second-order valence-corrected chi connectivity index (χ2v) is 22.9. The molecule has 358 valence electrons.